The summed E-state index contributed by atoms with van der Waals surface area (Å²) in [6.07, 6.45) is 0. The molecular weight excluding hydrogens is 395 g/mol. The van der Waals surface area contributed by atoms with Gasteiger partial charge >= 0.3 is 7.12 Å². The first-order valence-corrected chi connectivity index (χ1v) is 11.1. The molecule has 0 aliphatic carbocycles. The molecular formula is C28H25BO3. The molecule has 4 heteroatoms. The van der Waals surface area contributed by atoms with E-state index in [1.54, 1.807) is 0 Å². The lowest BCUT2D eigenvalue weighted by Gasteiger charge is -2.32. The molecule has 0 saturated carbocycles. The van der Waals surface area contributed by atoms with Gasteiger partial charge < -0.3 is 13.7 Å². The summed E-state index contributed by atoms with van der Waals surface area (Å²) in [5.74, 6) is 0. The quantitative estimate of drug-likeness (QED) is 0.298. The Labute approximate surface area is 188 Å². The lowest BCUT2D eigenvalue weighted by atomic mass is 9.78. The van der Waals surface area contributed by atoms with Crippen LogP contribution < -0.4 is 5.46 Å². The van der Waals surface area contributed by atoms with E-state index in [1.165, 1.54) is 21.9 Å². The Kier molecular flexibility index (Phi) is 4.11. The average Bonchev–Trinajstić information content (AvgIpc) is 3.27. The van der Waals surface area contributed by atoms with Crippen LogP contribution in [-0.4, -0.2) is 18.3 Å². The van der Waals surface area contributed by atoms with Crippen LogP contribution in [0.4, 0.5) is 0 Å². The van der Waals surface area contributed by atoms with E-state index >= 15 is 0 Å². The summed E-state index contributed by atoms with van der Waals surface area (Å²) >= 11 is 0. The van der Waals surface area contributed by atoms with Gasteiger partial charge in [-0.25, -0.2) is 0 Å². The summed E-state index contributed by atoms with van der Waals surface area (Å²) < 4.78 is 19.2. The van der Waals surface area contributed by atoms with Crippen LogP contribution in [0.1, 0.15) is 27.7 Å². The third-order valence-corrected chi connectivity index (χ3v) is 7.13. The summed E-state index contributed by atoms with van der Waals surface area (Å²) in [4.78, 5) is 0. The van der Waals surface area contributed by atoms with Crippen molar-refractivity contribution in [3.05, 3.63) is 78.9 Å². The molecule has 1 fully saturated rings. The minimum atomic E-state index is -0.468. The van der Waals surface area contributed by atoms with Crippen LogP contribution in [0.2, 0.25) is 0 Å². The number of hydrogen-bond donors (Lipinski definition) is 0. The number of fused-ring (bicyclic) bond motifs is 5. The van der Waals surface area contributed by atoms with Gasteiger partial charge in [0.05, 0.1) is 11.2 Å². The first kappa shape index (κ1) is 19.6. The lowest BCUT2D eigenvalue weighted by molar-refractivity contribution is 0.00578. The van der Waals surface area contributed by atoms with Crippen molar-refractivity contribution in [2.45, 2.75) is 38.9 Å². The van der Waals surface area contributed by atoms with Crippen molar-refractivity contribution >= 4 is 45.3 Å². The fourth-order valence-electron chi connectivity index (χ4n) is 4.70. The van der Waals surface area contributed by atoms with Crippen molar-refractivity contribution in [1.82, 2.24) is 0 Å². The zero-order valence-electron chi connectivity index (χ0n) is 18.8. The molecule has 32 heavy (non-hydrogen) atoms. The molecule has 1 aliphatic rings. The second kappa shape index (κ2) is 6.71. The van der Waals surface area contributed by atoms with Crippen molar-refractivity contribution in [2.75, 3.05) is 0 Å². The summed E-state index contributed by atoms with van der Waals surface area (Å²) in [6.45, 7) is 8.30. The summed E-state index contributed by atoms with van der Waals surface area (Å²) in [5.41, 5.74) is 4.18. The summed E-state index contributed by atoms with van der Waals surface area (Å²) in [7, 11) is -0.468. The zero-order valence-corrected chi connectivity index (χ0v) is 18.8. The highest BCUT2D eigenvalue weighted by Gasteiger charge is 2.52. The van der Waals surface area contributed by atoms with Crippen LogP contribution in [0.25, 0.3) is 43.8 Å². The molecule has 0 radical (unpaired) electrons. The average molecular weight is 420 g/mol. The van der Waals surface area contributed by atoms with Gasteiger partial charge in [0.1, 0.15) is 11.2 Å². The van der Waals surface area contributed by atoms with E-state index in [4.69, 9.17) is 13.7 Å². The largest absolute Gasteiger partial charge is 0.498 e. The predicted molar refractivity (Wildman–Crippen MR) is 132 cm³/mol. The fourth-order valence-corrected chi connectivity index (χ4v) is 4.70. The third-order valence-electron chi connectivity index (χ3n) is 7.13. The monoisotopic (exact) mass is 420 g/mol. The van der Waals surface area contributed by atoms with Crippen LogP contribution in [0.3, 0.4) is 0 Å². The first-order chi connectivity index (χ1) is 15.4. The fraction of sp³-hybridized carbons (Fsp3) is 0.214. The maximum absolute atomic E-state index is 6.54. The molecule has 1 saturated heterocycles. The maximum atomic E-state index is 6.54. The van der Waals surface area contributed by atoms with E-state index in [0.717, 1.165) is 27.4 Å². The van der Waals surface area contributed by atoms with E-state index in [9.17, 15) is 0 Å². The van der Waals surface area contributed by atoms with Crippen LogP contribution in [-0.2, 0) is 9.31 Å². The Morgan fingerprint density at radius 1 is 0.656 bits per heavy atom. The molecule has 5 aromatic rings. The van der Waals surface area contributed by atoms with Gasteiger partial charge in [-0.3, -0.25) is 0 Å². The molecule has 2 heterocycles. The smallest absolute Gasteiger partial charge is 0.456 e. The molecule has 0 N–H and O–H groups in total. The highest BCUT2D eigenvalue weighted by atomic mass is 16.7. The Hall–Kier alpha value is -3.08. The van der Waals surface area contributed by atoms with Gasteiger partial charge in [0, 0.05) is 16.2 Å². The van der Waals surface area contributed by atoms with Crippen molar-refractivity contribution in [2.24, 2.45) is 0 Å². The van der Waals surface area contributed by atoms with Crippen molar-refractivity contribution in [1.29, 1.82) is 0 Å². The Balaban J connectivity index is 1.64. The van der Waals surface area contributed by atoms with E-state index in [1.807, 2.05) is 12.1 Å². The molecule has 6 rings (SSSR count). The van der Waals surface area contributed by atoms with E-state index in [-0.39, 0.29) is 0 Å². The van der Waals surface area contributed by atoms with Gasteiger partial charge in [-0.05, 0) is 55.7 Å². The van der Waals surface area contributed by atoms with Crippen LogP contribution >= 0.6 is 0 Å². The van der Waals surface area contributed by atoms with E-state index in [0.29, 0.717) is 0 Å². The SMILES string of the molecule is CC1(C)OB(c2cccc3c2oc2cc(-c4ccccc4)c4ccccc4c23)OC1(C)C. The minimum Gasteiger partial charge on any atom is -0.456 e. The standard InChI is InChI=1S/C28H25BO3/c1-27(2)28(3,4)32-29(31-27)23-16-10-15-21-25-20-14-9-8-13-19(20)22(17-24(25)30-26(21)23)18-11-6-5-7-12-18/h5-17H,1-4H3. The van der Waals surface area contributed by atoms with Crippen LogP contribution in [0, 0.1) is 0 Å². The number of rotatable bonds is 2. The molecule has 1 aromatic heterocycles. The Morgan fingerprint density at radius 3 is 2.00 bits per heavy atom. The first-order valence-electron chi connectivity index (χ1n) is 11.1. The van der Waals surface area contributed by atoms with Gasteiger partial charge in [0.2, 0.25) is 0 Å². The Bertz CT molecular complexity index is 1460. The molecule has 0 amide bonds. The third kappa shape index (κ3) is 2.76. The number of hydrogen-bond acceptors (Lipinski definition) is 3. The van der Waals surface area contributed by atoms with E-state index < -0.39 is 18.3 Å². The number of para-hydroxylation sites is 1. The molecule has 0 unspecified atom stereocenters. The van der Waals surface area contributed by atoms with Gasteiger partial charge in [-0.15, -0.1) is 0 Å². The van der Waals surface area contributed by atoms with Gasteiger partial charge in [-0.1, -0.05) is 72.8 Å². The second-order valence-corrected chi connectivity index (χ2v) is 9.62. The normalized spacial score (nSPS) is 17.6. The van der Waals surface area contributed by atoms with Gasteiger partial charge in [0.15, 0.2) is 0 Å². The van der Waals surface area contributed by atoms with Crippen molar-refractivity contribution < 1.29 is 13.7 Å². The highest BCUT2D eigenvalue weighted by Crippen LogP contribution is 2.41. The lowest BCUT2D eigenvalue weighted by Crippen LogP contribution is -2.41. The van der Waals surface area contributed by atoms with E-state index in [2.05, 4.69) is 94.4 Å². The van der Waals surface area contributed by atoms with Gasteiger partial charge in [-0.2, -0.15) is 0 Å². The maximum Gasteiger partial charge on any atom is 0.498 e. The Morgan fingerprint density at radius 2 is 1.28 bits per heavy atom. The van der Waals surface area contributed by atoms with Crippen LogP contribution in [0.5, 0.6) is 0 Å². The predicted octanol–water partition coefficient (Wildman–Crippen LogP) is 6.71. The summed E-state index contributed by atoms with van der Waals surface area (Å²) in [5, 5.41) is 4.63. The molecule has 0 bridgehead atoms. The molecule has 4 aromatic carbocycles. The minimum absolute atomic E-state index is 0.404. The molecule has 158 valence electrons. The number of benzene rings is 4. The molecule has 0 atom stereocenters. The number of furan rings is 1. The van der Waals surface area contributed by atoms with Gasteiger partial charge in [0.25, 0.3) is 0 Å². The van der Waals surface area contributed by atoms with Crippen LogP contribution in [0.15, 0.2) is 83.3 Å². The highest BCUT2D eigenvalue weighted by molar-refractivity contribution is 6.65. The zero-order chi connectivity index (χ0) is 22.1. The van der Waals surface area contributed by atoms with Crippen molar-refractivity contribution in [3.8, 4) is 11.1 Å². The second-order valence-electron chi connectivity index (χ2n) is 9.62. The summed E-state index contributed by atoms with van der Waals surface area (Å²) in [6, 6.07) is 27.4. The van der Waals surface area contributed by atoms with Crippen molar-refractivity contribution in [3.63, 3.8) is 0 Å². The molecule has 1 aliphatic heterocycles. The molecule has 3 nitrogen and oxygen atoms in total. The molecule has 0 spiro atoms. The topological polar surface area (TPSA) is 31.6 Å².